The van der Waals surface area contributed by atoms with Gasteiger partial charge in [0.15, 0.2) is 0 Å². The summed E-state index contributed by atoms with van der Waals surface area (Å²) < 4.78 is 18.8. The number of phenolic OH excluding ortho intramolecular Hbond substituents is 1. The molecule has 26 heavy (non-hydrogen) atoms. The molecule has 2 aromatic carbocycles. The third-order valence-electron chi connectivity index (χ3n) is 4.07. The maximum Gasteiger partial charge on any atom is 0.328 e. The average molecular weight is 356 g/mol. The summed E-state index contributed by atoms with van der Waals surface area (Å²) in [6.45, 7) is 0. The fourth-order valence-corrected chi connectivity index (χ4v) is 2.76. The number of hydrogen-bond donors (Lipinski definition) is 3. The van der Waals surface area contributed by atoms with Crippen LogP contribution in [0.5, 0.6) is 5.75 Å². The van der Waals surface area contributed by atoms with E-state index in [0.717, 1.165) is 5.56 Å². The van der Waals surface area contributed by atoms with Crippen LogP contribution in [-0.2, 0) is 16.0 Å². The monoisotopic (exact) mass is 356 g/mol. The topological polar surface area (TPSA) is 91.4 Å². The van der Waals surface area contributed by atoms with E-state index in [1.54, 1.807) is 18.2 Å². The van der Waals surface area contributed by atoms with Crippen molar-refractivity contribution in [2.45, 2.75) is 12.5 Å². The molecule has 0 saturated heterocycles. The molecule has 0 aliphatic rings. The summed E-state index contributed by atoms with van der Waals surface area (Å²) in [4.78, 5) is 27.5. The van der Waals surface area contributed by atoms with Gasteiger partial charge in [0.05, 0.1) is 12.7 Å². The van der Waals surface area contributed by atoms with Crippen molar-refractivity contribution in [3.8, 4) is 5.75 Å². The number of amides is 1. The van der Waals surface area contributed by atoms with E-state index in [-0.39, 0.29) is 23.1 Å². The molecule has 0 radical (unpaired) electrons. The number of benzene rings is 2. The highest BCUT2D eigenvalue weighted by Gasteiger charge is 2.24. The standard InChI is InChI=1S/C19H17FN2O4/c1-26-19(25)16(9-11-5-7-12(23)8-6-11)22-18(24)13-10-21-15-4-2-3-14(20)17(13)15/h2-8,10,16,21,23H,9H2,1H3,(H,22,24). The van der Waals surface area contributed by atoms with Crippen LogP contribution in [0.3, 0.4) is 0 Å². The number of aromatic nitrogens is 1. The van der Waals surface area contributed by atoms with Crippen LogP contribution in [0, 0.1) is 5.82 Å². The molecule has 1 aromatic heterocycles. The van der Waals surface area contributed by atoms with E-state index in [1.165, 1.54) is 37.6 Å². The van der Waals surface area contributed by atoms with Gasteiger partial charge in [-0.15, -0.1) is 0 Å². The number of ether oxygens (including phenoxy) is 1. The number of carbonyl (C=O) groups is 2. The lowest BCUT2D eigenvalue weighted by atomic mass is 10.0. The largest absolute Gasteiger partial charge is 0.508 e. The summed E-state index contributed by atoms with van der Waals surface area (Å²) >= 11 is 0. The number of hydrogen-bond acceptors (Lipinski definition) is 4. The molecule has 0 spiro atoms. The van der Waals surface area contributed by atoms with Crippen molar-refractivity contribution in [3.63, 3.8) is 0 Å². The van der Waals surface area contributed by atoms with Gasteiger partial charge in [0.1, 0.15) is 17.6 Å². The van der Waals surface area contributed by atoms with Gasteiger partial charge in [0.25, 0.3) is 5.91 Å². The van der Waals surface area contributed by atoms with Crippen LogP contribution in [0.4, 0.5) is 4.39 Å². The molecule has 1 atom stereocenters. The molecule has 3 rings (SSSR count). The predicted octanol–water partition coefficient (Wildman–Crippen LogP) is 2.53. The van der Waals surface area contributed by atoms with E-state index in [1.807, 2.05) is 0 Å². The van der Waals surface area contributed by atoms with Crippen LogP contribution >= 0.6 is 0 Å². The van der Waals surface area contributed by atoms with E-state index in [4.69, 9.17) is 4.74 Å². The van der Waals surface area contributed by atoms with Crippen molar-refractivity contribution in [2.75, 3.05) is 7.11 Å². The van der Waals surface area contributed by atoms with E-state index in [9.17, 15) is 19.1 Å². The molecule has 1 unspecified atom stereocenters. The Labute approximate surface area is 148 Å². The molecular formula is C19H17FN2O4. The number of phenols is 1. The summed E-state index contributed by atoms with van der Waals surface area (Å²) in [5.41, 5.74) is 1.32. The van der Waals surface area contributed by atoms with Crippen molar-refractivity contribution < 1.29 is 23.8 Å². The Morgan fingerprint density at radius 2 is 1.96 bits per heavy atom. The van der Waals surface area contributed by atoms with Crippen molar-refractivity contribution in [1.82, 2.24) is 10.3 Å². The van der Waals surface area contributed by atoms with Gasteiger partial charge in [0, 0.05) is 23.5 Å². The number of aromatic amines is 1. The van der Waals surface area contributed by atoms with Crippen molar-refractivity contribution >= 4 is 22.8 Å². The Bertz CT molecular complexity index is 950. The molecule has 0 aliphatic heterocycles. The summed E-state index contributed by atoms with van der Waals surface area (Å²) in [7, 11) is 1.23. The molecule has 0 fully saturated rings. The first-order valence-corrected chi connectivity index (χ1v) is 7.92. The quantitative estimate of drug-likeness (QED) is 0.613. The van der Waals surface area contributed by atoms with Crippen LogP contribution < -0.4 is 5.32 Å². The zero-order valence-electron chi connectivity index (χ0n) is 14.0. The number of halogens is 1. The van der Waals surface area contributed by atoms with E-state index in [0.29, 0.717) is 5.52 Å². The number of esters is 1. The van der Waals surface area contributed by atoms with Gasteiger partial charge in [-0.25, -0.2) is 9.18 Å². The molecule has 3 aromatic rings. The lowest BCUT2D eigenvalue weighted by molar-refractivity contribution is -0.142. The van der Waals surface area contributed by atoms with Gasteiger partial charge in [-0.2, -0.15) is 0 Å². The number of aromatic hydroxyl groups is 1. The molecule has 134 valence electrons. The summed E-state index contributed by atoms with van der Waals surface area (Å²) in [6, 6.07) is 9.77. The van der Waals surface area contributed by atoms with Gasteiger partial charge in [-0.1, -0.05) is 18.2 Å². The van der Waals surface area contributed by atoms with Crippen molar-refractivity contribution in [1.29, 1.82) is 0 Å². The number of H-pyrrole nitrogens is 1. The number of carbonyl (C=O) groups excluding carboxylic acids is 2. The van der Waals surface area contributed by atoms with Crippen LogP contribution in [0.1, 0.15) is 15.9 Å². The van der Waals surface area contributed by atoms with Crippen molar-refractivity contribution in [2.24, 2.45) is 0 Å². The summed E-state index contributed by atoms with van der Waals surface area (Å²) in [5, 5.41) is 12.1. The molecule has 0 bridgehead atoms. The Kier molecular flexibility index (Phi) is 4.88. The van der Waals surface area contributed by atoms with Crippen LogP contribution in [-0.4, -0.2) is 35.1 Å². The van der Waals surface area contributed by atoms with Gasteiger partial charge in [-0.05, 0) is 29.8 Å². The molecule has 7 heteroatoms. The number of methoxy groups -OCH3 is 1. The number of rotatable bonds is 5. The Morgan fingerprint density at radius 1 is 1.23 bits per heavy atom. The molecule has 0 aliphatic carbocycles. The van der Waals surface area contributed by atoms with Crippen LogP contribution in [0.25, 0.3) is 10.9 Å². The van der Waals surface area contributed by atoms with E-state index < -0.39 is 23.7 Å². The lowest BCUT2D eigenvalue weighted by Crippen LogP contribution is -2.43. The molecule has 1 heterocycles. The number of nitrogens with one attached hydrogen (secondary N) is 2. The van der Waals surface area contributed by atoms with Crippen LogP contribution in [0.15, 0.2) is 48.7 Å². The maximum atomic E-state index is 14.1. The zero-order chi connectivity index (χ0) is 18.7. The van der Waals surface area contributed by atoms with E-state index in [2.05, 4.69) is 10.3 Å². The smallest absolute Gasteiger partial charge is 0.328 e. The maximum absolute atomic E-state index is 14.1. The van der Waals surface area contributed by atoms with Gasteiger partial charge in [-0.3, -0.25) is 4.79 Å². The third kappa shape index (κ3) is 3.51. The minimum Gasteiger partial charge on any atom is -0.508 e. The minimum absolute atomic E-state index is 0.0988. The molecule has 0 saturated carbocycles. The second-order valence-electron chi connectivity index (χ2n) is 5.78. The Balaban J connectivity index is 1.85. The SMILES string of the molecule is COC(=O)C(Cc1ccc(O)cc1)NC(=O)c1c[nH]c2cccc(F)c12. The van der Waals surface area contributed by atoms with Gasteiger partial charge < -0.3 is 20.1 Å². The van der Waals surface area contributed by atoms with E-state index >= 15 is 0 Å². The molecule has 1 amide bonds. The first kappa shape index (κ1) is 17.5. The highest BCUT2D eigenvalue weighted by molar-refractivity contribution is 6.07. The summed E-state index contributed by atoms with van der Waals surface area (Å²) in [5.74, 6) is -1.63. The second kappa shape index (κ2) is 7.26. The Morgan fingerprint density at radius 3 is 2.65 bits per heavy atom. The lowest BCUT2D eigenvalue weighted by Gasteiger charge is -2.16. The molecule has 3 N–H and O–H groups in total. The minimum atomic E-state index is -0.950. The van der Waals surface area contributed by atoms with Gasteiger partial charge >= 0.3 is 5.97 Å². The predicted molar refractivity (Wildman–Crippen MR) is 93.3 cm³/mol. The molecule has 6 nitrogen and oxygen atoms in total. The normalized spacial score (nSPS) is 11.9. The first-order valence-electron chi connectivity index (χ1n) is 7.92. The third-order valence-corrected chi connectivity index (χ3v) is 4.07. The summed E-state index contributed by atoms with van der Waals surface area (Å²) in [6.07, 6.45) is 1.57. The fraction of sp³-hybridized carbons (Fsp3) is 0.158. The highest BCUT2D eigenvalue weighted by atomic mass is 19.1. The Hall–Kier alpha value is -3.35. The number of fused-ring (bicyclic) bond motifs is 1. The van der Waals surface area contributed by atoms with Crippen molar-refractivity contribution in [3.05, 3.63) is 65.6 Å². The zero-order valence-corrected chi connectivity index (χ0v) is 14.0. The average Bonchev–Trinajstić information content (AvgIpc) is 3.08. The highest BCUT2D eigenvalue weighted by Crippen LogP contribution is 2.21. The first-order chi connectivity index (χ1) is 12.5. The van der Waals surface area contributed by atoms with Crippen LogP contribution in [0.2, 0.25) is 0 Å². The molecular weight excluding hydrogens is 339 g/mol. The second-order valence-corrected chi connectivity index (χ2v) is 5.78. The fourth-order valence-electron chi connectivity index (χ4n) is 2.76. The van der Waals surface area contributed by atoms with Gasteiger partial charge in [0.2, 0.25) is 0 Å².